The molecule has 0 saturated carbocycles. The van der Waals surface area contributed by atoms with Gasteiger partial charge in [-0.05, 0) is 48.9 Å². The van der Waals surface area contributed by atoms with Crippen molar-refractivity contribution in [3.63, 3.8) is 0 Å². The van der Waals surface area contributed by atoms with Crippen LogP contribution in [0.4, 0.5) is 5.82 Å². The van der Waals surface area contributed by atoms with E-state index in [1.165, 1.54) is 11.3 Å². The summed E-state index contributed by atoms with van der Waals surface area (Å²) in [6.45, 7) is 1.94. The number of benzene rings is 1. The molecule has 0 atom stereocenters. The number of rotatable bonds is 3. The zero-order valence-electron chi connectivity index (χ0n) is 12.8. The molecule has 0 unspecified atom stereocenters. The molecule has 0 aliphatic carbocycles. The maximum Gasteiger partial charge on any atom is 0.292 e. The van der Waals surface area contributed by atoms with Gasteiger partial charge in [-0.2, -0.15) is 0 Å². The summed E-state index contributed by atoms with van der Waals surface area (Å²) in [5, 5.41) is 3.48. The molecule has 0 bridgehead atoms. The van der Waals surface area contributed by atoms with Crippen molar-refractivity contribution >= 4 is 33.3 Å². The molecule has 0 fully saturated rings. The number of aromatic nitrogens is 2. The lowest BCUT2D eigenvalue weighted by Gasteiger charge is -2.02. The van der Waals surface area contributed by atoms with Gasteiger partial charge in [-0.1, -0.05) is 12.1 Å². The van der Waals surface area contributed by atoms with E-state index >= 15 is 0 Å². The van der Waals surface area contributed by atoms with Gasteiger partial charge in [0.25, 0.3) is 5.91 Å². The lowest BCUT2D eigenvalue weighted by molar-refractivity contribution is 0.0997. The summed E-state index contributed by atoms with van der Waals surface area (Å²) in [4.78, 5) is 20.9. The third-order valence-electron chi connectivity index (χ3n) is 3.49. The lowest BCUT2D eigenvalue weighted by Crippen LogP contribution is -2.11. The number of furan rings is 1. The van der Waals surface area contributed by atoms with Crippen LogP contribution < -0.4 is 5.32 Å². The van der Waals surface area contributed by atoms with Gasteiger partial charge in [-0.25, -0.2) is 9.97 Å². The Kier molecular flexibility index (Phi) is 3.59. The minimum absolute atomic E-state index is 0.229. The Morgan fingerprint density at radius 3 is 2.88 bits per heavy atom. The molecular formula is C18H13N3O2S. The highest BCUT2D eigenvalue weighted by Gasteiger charge is 2.15. The molecule has 3 heterocycles. The van der Waals surface area contributed by atoms with E-state index in [1.807, 2.05) is 37.3 Å². The summed E-state index contributed by atoms with van der Waals surface area (Å²) in [5.41, 5.74) is 1.94. The van der Waals surface area contributed by atoms with Crippen LogP contribution in [0.15, 0.2) is 59.1 Å². The zero-order valence-corrected chi connectivity index (χ0v) is 13.6. The van der Waals surface area contributed by atoms with Crippen molar-refractivity contribution < 1.29 is 9.21 Å². The average Bonchev–Trinajstić information content (AvgIpc) is 3.21. The van der Waals surface area contributed by atoms with Crippen LogP contribution in [-0.2, 0) is 0 Å². The maximum absolute atomic E-state index is 12.3. The second-order valence-electron chi connectivity index (χ2n) is 5.32. The monoisotopic (exact) mass is 335 g/mol. The van der Waals surface area contributed by atoms with Crippen LogP contribution in [0.5, 0.6) is 0 Å². The van der Waals surface area contributed by atoms with Gasteiger partial charge < -0.3 is 9.73 Å². The molecule has 3 aromatic heterocycles. The fourth-order valence-corrected chi connectivity index (χ4v) is 3.26. The summed E-state index contributed by atoms with van der Waals surface area (Å²) in [6, 6.07) is 15.0. The van der Waals surface area contributed by atoms with Crippen LogP contribution in [0.3, 0.4) is 0 Å². The Bertz CT molecular complexity index is 1000. The van der Waals surface area contributed by atoms with Gasteiger partial charge in [0.05, 0.1) is 10.2 Å². The van der Waals surface area contributed by atoms with E-state index in [4.69, 9.17) is 4.42 Å². The first-order chi connectivity index (χ1) is 11.7. The van der Waals surface area contributed by atoms with E-state index in [9.17, 15) is 4.79 Å². The number of para-hydroxylation sites is 1. The Hall–Kier alpha value is -2.99. The van der Waals surface area contributed by atoms with Crippen molar-refractivity contribution in [3.8, 4) is 10.8 Å². The number of fused-ring (bicyclic) bond motifs is 1. The van der Waals surface area contributed by atoms with Gasteiger partial charge >= 0.3 is 0 Å². The van der Waals surface area contributed by atoms with Gasteiger partial charge in [0.1, 0.15) is 5.82 Å². The van der Waals surface area contributed by atoms with E-state index in [0.29, 0.717) is 11.6 Å². The summed E-state index contributed by atoms with van der Waals surface area (Å²) < 4.78 is 6.75. The zero-order chi connectivity index (χ0) is 16.5. The lowest BCUT2D eigenvalue weighted by atomic mass is 10.3. The molecule has 1 aromatic carbocycles. The number of carbonyl (C=O) groups excluding carboxylic acids is 1. The number of anilines is 1. The molecule has 5 nitrogen and oxygen atoms in total. The first-order valence-corrected chi connectivity index (χ1v) is 8.20. The molecule has 4 aromatic rings. The van der Waals surface area contributed by atoms with Crippen LogP contribution in [0.1, 0.15) is 16.1 Å². The minimum atomic E-state index is -0.333. The van der Waals surface area contributed by atoms with E-state index in [0.717, 1.165) is 20.8 Å². The van der Waals surface area contributed by atoms with Crippen LogP contribution in [0.2, 0.25) is 0 Å². The van der Waals surface area contributed by atoms with Gasteiger partial charge in [-0.3, -0.25) is 4.79 Å². The quantitative estimate of drug-likeness (QED) is 0.598. The van der Waals surface area contributed by atoms with Crippen molar-refractivity contribution in [2.24, 2.45) is 0 Å². The van der Waals surface area contributed by atoms with Crippen molar-refractivity contribution in [2.75, 3.05) is 5.32 Å². The molecule has 0 radical (unpaired) electrons. The van der Waals surface area contributed by atoms with E-state index < -0.39 is 0 Å². The highest BCUT2D eigenvalue weighted by atomic mass is 32.1. The molecule has 1 N–H and O–H groups in total. The second-order valence-corrected chi connectivity index (χ2v) is 6.35. The molecule has 0 aliphatic heterocycles. The van der Waals surface area contributed by atoms with E-state index in [2.05, 4.69) is 15.3 Å². The molecule has 4 rings (SSSR count). The van der Waals surface area contributed by atoms with Gasteiger partial charge in [0, 0.05) is 6.20 Å². The van der Waals surface area contributed by atoms with Crippen LogP contribution in [0.25, 0.3) is 21.0 Å². The van der Waals surface area contributed by atoms with Crippen LogP contribution in [-0.4, -0.2) is 15.9 Å². The number of amides is 1. The summed E-state index contributed by atoms with van der Waals surface area (Å²) in [5.74, 6) is 0.976. The largest absolute Gasteiger partial charge is 0.448 e. The summed E-state index contributed by atoms with van der Waals surface area (Å²) in [7, 11) is 0. The standard InChI is InChI=1S/C18H13N3O2S/c1-11-8-9-19-16(10-11)21-17(22)13-6-7-14(23-13)18-20-12-4-2-3-5-15(12)24-18/h2-10H,1H3,(H,19,21,22). The Balaban J connectivity index is 1.58. The summed E-state index contributed by atoms with van der Waals surface area (Å²) in [6.07, 6.45) is 1.65. The normalized spacial score (nSPS) is 10.9. The van der Waals surface area contributed by atoms with Gasteiger partial charge in [-0.15, -0.1) is 11.3 Å². The number of pyridine rings is 1. The van der Waals surface area contributed by atoms with Crippen LogP contribution >= 0.6 is 11.3 Å². The molecule has 24 heavy (non-hydrogen) atoms. The fourth-order valence-electron chi connectivity index (χ4n) is 2.33. The van der Waals surface area contributed by atoms with Crippen LogP contribution in [0, 0.1) is 6.92 Å². The minimum Gasteiger partial charge on any atom is -0.448 e. The Morgan fingerprint density at radius 1 is 1.17 bits per heavy atom. The van der Waals surface area contributed by atoms with Gasteiger partial charge in [0.15, 0.2) is 16.5 Å². The Morgan fingerprint density at radius 2 is 2.04 bits per heavy atom. The van der Waals surface area contributed by atoms with Crippen molar-refractivity contribution in [3.05, 3.63) is 66.1 Å². The van der Waals surface area contributed by atoms with Crippen molar-refractivity contribution in [1.29, 1.82) is 0 Å². The van der Waals surface area contributed by atoms with Gasteiger partial charge in [0.2, 0.25) is 0 Å². The first-order valence-electron chi connectivity index (χ1n) is 7.39. The molecule has 118 valence electrons. The maximum atomic E-state index is 12.3. The topological polar surface area (TPSA) is 68.0 Å². The fraction of sp³-hybridized carbons (Fsp3) is 0.0556. The molecule has 6 heteroatoms. The number of hydrogen-bond donors (Lipinski definition) is 1. The molecule has 0 spiro atoms. The number of nitrogens with zero attached hydrogens (tertiary/aromatic N) is 2. The van der Waals surface area contributed by atoms with E-state index in [1.54, 1.807) is 24.4 Å². The number of hydrogen-bond acceptors (Lipinski definition) is 5. The average molecular weight is 335 g/mol. The van der Waals surface area contributed by atoms with Crippen molar-refractivity contribution in [2.45, 2.75) is 6.92 Å². The predicted molar refractivity (Wildman–Crippen MR) is 94.2 cm³/mol. The SMILES string of the molecule is Cc1ccnc(NC(=O)c2ccc(-c3nc4ccccc4s3)o2)c1. The predicted octanol–water partition coefficient (Wildman–Crippen LogP) is 4.51. The third kappa shape index (κ3) is 2.79. The number of carbonyl (C=O) groups is 1. The molecule has 1 amide bonds. The highest BCUT2D eigenvalue weighted by molar-refractivity contribution is 7.21. The highest BCUT2D eigenvalue weighted by Crippen LogP contribution is 2.31. The molecule has 0 aliphatic rings. The molecule has 0 saturated heterocycles. The van der Waals surface area contributed by atoms with E-state index in [-0.39, 0.29) is 11.7 Å². The van der Waals surface area contributed by atoms with Crippen molar-refractivity contribution in [1.82, 2.24) is 9.97 Å². The summed E-state index contributed by atoms with van der Waals surface area (Å²) >= 11 is 1.53. The number of thiazole rings is 1. The number of nitrogens with one attached hydrogen (secondary N) is 1. The number of aryl methyl sites for hydroxylation is 1. The smallest absolute Gasteiger partial charge is 0.292 e. The second kappa shape index (κ2) is 5.90. The third-order valence-corrected chi connectivity index (χ3v) is 4.54. The first kappa shape index (κ1) is 14.6. The Labute approximate surface area is 142 Å². The molecular weight excluding hydrogens is 322 g/mol.